The van der Waals surface area contributed by atoms with Gasteiger partial charge in [0, 0.05) is 12.8 Å². The molecule has 1 aliphatic heterocycles. The summed E-state index contributed by atoms with van der Waals surface area (Å²) in [5.41, 5.74) is 0. The molecule has 1 atom stereocenters. The second-order valence-corrected chi connectivity index (χ2v) is 8.63. The van der Waals surface area contributed by atoms with Crippen LogP contribution in [-0.4, -0.2) is 46.7 Å². The number of imide groups is 1. The highest BCUT2D eigenvalue weighted by Gasteiger charge is 2.40. The van der Waals surface area contributed by atoms with Crippen LogP contribution in [0.2, 0.25) is 0 Å². The van der Waals surface area contributed by atoms with Crippen LogP contribution in [0.4, 0.5) is 4.79 Å². The monoisotopic (exact) mass is 454 g/mol. The minimum absolute atomic E-state index is 0.0432. The van der Waals surface area contributed by atoms with Crippen LogP contribution in [0.25, 0.3) is 0 Å². The van der Waals surface area contributed by atoms with Gasteiger partial charge in [-0.15, -0.1) is 0 Å². The summed E-state index contributed by atoms with van der Waals surface area (Å²) in [5.74, 6) is -2.69. The van der Waals surface area contributed by atoms with Gasteiger partial charge >= 0.3 is 12.1 Å². The van der Waals surface area contributed by atoms with E-state index in [2.05, 4.69) is 12.2 Å². The summed E-state index contributed by atoms with van der Waals surface area (Å²) < 4.78 is 5.00. The second kappa shape index (κ2) is 17.4. The van der Waals surface area contributed by atoms with Crippen LogP contribution in [0.1, 0.15) is 116 Å². The third kappa shape index (κ3) is 12.1. The number of unbranched alkanes of at least 4 members (excludes halogenated alkanes) is 14. The number of aliphatic carboxylic acids is 1. The lowest BCUT2D eigenvalue weighted by Crippen LogP contribution is -2.55. The maximum atomic E-state index is 11.8. The molecule has 0 bridgehead atoms. The van der Waals surface area contributed by atoms with Crippen molar-refractivity contribution in [1.82, 2.24) is 10.2 Å². The van der Waals surface area contributed by atoms with E-state index in [0.717, 1.165) is 12.8 Å². The third-order valence-corrected chi connectivity index (χ3v) is 5.82. The first-order valence-electron chi connectivity index (χ1n) is 12.5. The highest BCUT2D eigenvalue weighted by molar-refractivity contribution is 6.05. The van der Waals surface area contributed by atoms with E-state index in [1.165, 1.54) is 77.0 Å². The zero-order valence-corrected chi connectivity index (χ0v) is 19.7. The average molecular weight is 455 g/mol. The summed E-state index contributed by atoms with van der Waals surface area (Å²) in [6.45, 7) is 2.43. The molecule has 1 aliphatic rings. The summed E-state index contributed by atoms with van der Waals surface area (Å²) >= 11 is 0. The molecule has 1 unspecified atom stereocenters. The molecule has 32 heavy (non-hydrogen) atoms. The number of hydrogen-bond donors (Lipinski definition) is 2. The molecular weight excluding hydrogens is 412 g/mol. The smallest absolute Gasteiger partial charge is 0.409 e. The van der Waals surface area contributed by atoms with Crippen molar-refractivity contribution in [2.45, 2.75) is 122 Å². The van der Waals surface area contributed by atoms with Crippen LogP contribution in [0.5, 0.6) is 0 Å². The first-order chi connectivity index (χ1) is 15.5. The number of ether oxygens (including phenoxy) is 1. The molecule has 0 aromatic heterocycles. The molecule has 184 valence electrons. The number of carboxylic acids is 1. The molecule has 0 radical (unpaired) electrons. The molecule has 2 N–H and O–H groups in total. The van der Waals surface area contributed by atoms with Gasteiger partial charge in [-0.3, -0.25) is 19.8 Å². The summed E-state index contributed by atoms with van der Waals surface area (Å²) in [6, 6.07) is 0. The highest BCUT2D eigenvalue weighted by atomic mass is 16.5. The SMILES string of the molecule is CCCCCCCCCCCCCCCCCOC(=O)NC(C(=O)O)N1C(=O)CCC1=O. The molecule has 1 fully saturated rings. The van der Waals surface area contributed by atoms with E-state index in [1.807, 2.05) is 0 Å². The number of nitrogens with zero attached hydrogens (tertiary/aromatic N) is 1. The Bertz CT molecular complexity index is 565. The minimum atomic E-state index is -1.72. The number of rotatable bonds is 19. The van der Waals surface area contributed by atoms with Gasteiger partial charge in [0.15, 0.2) is 0 Å². The Kier molecular flexibility index (Phi) is 15.2. The van der Waals surface area contributed by atoms with Gasteiger partial charge in [0.05, 0.1) is 6.61 Å². The molecular formula is C24H42N2O6. The van der Waals surface area contributed by atoms with Gasteiger partial charge in [-0.05, 0) is 6.42 Å². The molecule has 8 nitrogen and oxygen atoms in total. The Labute approximate surface area is 192 Å². The predicted molar refractivity (Wildman–Crippen MR) is 122 cm³/mol. The van der Waals surface area contributed by atoms with E-state index in [9.17, 15) is 24.3 Å². The molecule has 0 spiro atoms. The molecule has 3 amide bonds. The molecule has 1 heterocycles. The maximum Gasteiger partial charge on any atom is 0.409 e. The van der Waals surface area contributed by atoms with Gasteiger partial charge in [0.25, 0.3) is 0 Å². The number of amides is 3. The Hall–Kier alpha value is -2.12. The molecule has 8 heteroatoms. The Morgan fingerprint density at radius 2 is 1.22 bits per heavy atom. The van der Waals surface area contributed by atoms with E-state index in [-0.39, 0.29) is 19.4 Å². The molecule has 0 aromatic carbocycles. The molecule has 1 saturated heterocycles. The van der Waals surface area contributed by atoms with Gasteiger partial charge in [-0.25, -0.2) is 9.59 Å². The quantitative estimate of drug-likeness (QED) is 0.206. The van der Waals surface area contributed by atoms with Crippen LogP contribution in [0.3, 0.4) is 0 Å². The fraction of sp³-hybridized carbons (Fsp3) is 0.833. The molecule has 1 rings (SSSR count). The number of hydrogen-bond acceptors (Lipinski definition) is 5. The zero-order valence-electron chi connectivity index (χ0n) is 19.7. The van der Waals surface area contributed by atoms with Crippen LogP contribution in [-0.2, 0) is 19.1 Å². The zero-order chi connectivity index (χ0) is 23.6. The summed E-state index contributed by atoms with van der Waals surface area (Å²) in [4.78, 5) is 47.1. The van der Waals surface area contributed by atoms with Crippen molar-refractivity contribution in [2.75, 3.05) is 6.61 Å². The summed E-state index contributed by atoms with van der Waals surface area (Å²) in [7, 11) is 0. The van der Waals surface area contributed by atoms with Crippen molar-refractivity contribution < 1.29 is 29.0 Å². The molecule has 0 saturated carbocycles. The number of alkyl carbamates (subject to hydrolysis) is 1. The number of nitrogens with one attached hydrogen (secondary N) is 1. The fourth-order valence-electron chi connectivity index (χ4n) is 3.91. The standard InChI is InChI=1S/C24H42N2O6/c1-2-3-4-5-6-7-8-9-10-11-12-13-14-15-16-19-32-24(31)25-22(23(29)30)26-20(27)17-18-21(26)28/h22H,2-19H2,1H3,(H,25,31)(H,29,30). The number of carbonyl (C=O) groups is 4. The van der Waals surface area contributed by atoms with E-state index in [0.29, 0.717) is 11.3 Å². The van der Waals surface area contributed by atoms with E-state index < -0.39 is 30.0 Å². The minimum Gasteiger partial charge on any atom is -0.478 e. The van der Waals surface area contributed by atoms with Gasteiger partial charge in [0.2, 0.25) is 18.0 Å². The van der Waals surface area contributed by atoms with Crippen molar-refractivity contribution >= 4 is 23.9 Å². The topological polar surface area (TPSA) is 113 Å². The van der Waals surface area contributed by atoms with E-state index in [1.54, 1.807) is 0 Å². The maximum absolute atomic E-state index is 11.8. The lowest BCUT2D eigenvalue weighted by molar-refractivity contribution is -0.155. The first-order valence-corrected chi connectivity index (χ1v) is 12.5. The largest absolute Gasteiger partial charge is 0.478 e. The van der Waals surface area contributed by atoms with Crippen molar-refractivity contribution in [3.63, 3.8) is 0 Å². The van der Waals surface area contributed by atoms with Crippen LogP contribution in [0.15, 0.2) is 0 Å². The van der Waals surface area contributed by atoms with E-state index >= 15 is 0 Å². The van der Waals surface area contributed by atoms with E-state index in [4.69, 9.17) is 4.74 Å². The normalized spacial score (nSPS) is 14.6. The molecule has 0 aromatic rings. The fourth-order valence-corrected chi connectivity index (χ4v) is 3.91. The lowest BCUT2D eigenvalue weighted by atomic mass is 10.0. The lowest BCUT2D eigenvalue weighted by Gasteiger charge is -2.22. The summed E-state index contributed by atoms with van der Waals surface area (Å²) in [6.07, 6.45) is 15.9. The second-order valence-electron chi connectivity index (χ2n) is 8.63. The number of carbonyl (C=O) groups excluding carboxylic acids is 3. The first kappa shape index (κ1) is 27.9. The highest BCUT2D eigenvalue weighted by Crippen LogP contribution is 2.15. The van der Waals surface area contributed by atoms with Gasteiger partial charge in [-0.1, -0.05) is 96.8 Å². The molecule has 0 aliphatic carbocycles. The van der Waals surface area contributed by atoms with Crippen molar-refractivity contribution in [1.29, 1.82) is 0 Å². The Morgan fingerprint density at radius 1 is 0.812 bits per heavy atom. The third-order valence-electron chi connectivity index (χ3n) is 5.82. The van der Waals surface area contributed by atoms with Crippen molar-refractivity contribution in [2.24, 2.45) is 0 Å². The van der Waals surface area contributed by atoms with Crippen molar-refractivity contribution in [3.8, 4) is 0 Å². The van der Waals surface area contributed by atoms with Gasteiger partial charge in [-0.2, -0.15) is 0 Å². The van der Waals surface area contributed by atoms with Crippen molar-refractivity contribution in [3.05, 3.63) is 0 Å². The van der Waals surface area contributed by atoms with Crippen LogP contribution >= 0.6 is 0 Å². The summed E-state index contributed by atoms with van der Waals surface area (Å²) in [5, 5.41) is 11.3. The van der Waals surface area contributed by atoms with Gasteiger partial charge in [0.1, 0.15) is 0 Å². The predicted octanol–water partition coefficient (Wildman–Crippen LogP) is 5.14. The number of likely N-dealkylation sites (tertiary alicyclic amines) is 1. The average Bonchev–Trinajstić information content (AvgIpc) is 3.09. The Morgan fingerprint density at radius 3 is 1.62 bits per heavy atom. The Balaban J connectivity index is 1.96. The van der Waals surface area contributed by atoms with Gasteiger partial charge < -0.3 is 9.84 Å². The number of carboxylic acid groups (broad SMARTS) is 1. The van der Waals surface area contributed by atoms with Crippen LogP contribution < -0.4 is 5.32 Å². The van der Waals surface area contributed by atoms with Crippen LogP contribution in [0, 0.1) is 0 Å².